The summed E-state index contributed by atoms with van der Waals surface area (Å²) in [6.45, 7) is 1.95. The van der Waals surface area contributed by atoms with Crippen molar-refractivity contribution in [1.82, 2.24) is 9.97 Å². The van der Waals surface area contributed by atoms with Crippen LogP contribution in [0.15, 0.2) is 33.1 Å². The van der Waals surface area contributed by atoms with Crippen molar-refractivity contribution in [2.45, 2.75) is 16.2 Å². The van der Waals surface area contributed by atoms with Gasteiger partial charge in [-0.25, -0.2) is 15.8 Å². The lowest BCUT2D eigenvalue weighted by Crippen LogP contribution is -2.10. The molecule has 2 aromatic rings. The molecule has 0 aliphatic carbocycles. The summed E-state index contributed by atoms with van der Waals surface area (Å²) in [7, 11) is 0. The molecule has 78 valence electrons. The number of thiophene rings is 1. The molecule has 0 spiro atoms. The van der Waals surface area contributed by atoms with Crippen molar-refractivity contribution in [1.29, 1.82) is 0 Å². The van der Waals surface area contributed by atoms with E-state index in [1.807, 2.05) is 18.4 Å². The zero-order valence-corrected chi connectivity index (χ0v) is 9.73. The van der Waals surface area contributed by atoms with Crippen LogP contribution in [0.1, 0.15) is 5.56 Å². The minimum Gasteiger partial charge on any atom is -0.308 e. The highest BCUT2D eigenvalue weighted by Crippen LogP contribution is 2.32. The fourth-order valence-electron chi connectivity index (χ4n) is 1.10. The molecule has 2 rings (SSSR count). The summed E-state index contributed by atoms with van der Waals surface area (Å²) in [5.74, 6) is 6.02. The third-order valence-corrected chi connectivity index (χ3v) is 4.01. The van der Waals surface area contributed by atoms with E-state index in [9.17, 15) is 0 Å². The van der Waals surface area contributed by atoms with E-state index in [4.69, 9.17) is 5.84 Å². The van der Waals surface area contributed by atoms with E-state index in [0.29, 0.717) is 5.82 Å². The first-order chi connectivity index (χ1) is 7.31. The first-order valence-electron chi connectivity index (χ1n) is 4.31. The molecule has 15 heavy (non-hydrogen) atoms. The standard InChI is InChI=1S/C9H10N4S2/c1-6-8(13-10)11-5-12-9(6)15-7-3-2-4-14-7/h2-5H,10H2,1H3,(H,11,12,13). The Morgan fingerprint density at radius 2 is 2.33 bits per heavy atom. The Kier molecular flexibility index (Phi) is 3.20. The molecule has 0 aromatic carbocycles. The smallest absolute Gasteiger partial charge is 0.147 e. The van der Waals surface area contributed by atoms with Crippen molar-refractivity contribution >= 4 is 28.9 Å². The summed E-state index contributed by atoms with van der Waals surface area (Å²) in [4.78, 5) is 8.25. The van der Waals surface area contributed by atoms with Crippen molar-refractivity contribution < 1.29 is 0 Å². The van der Waals surface area contributed by atoms with Gasteiger partial charge in [-0.1, -0.05) is 17.8 Å². The van der Waals surface area contributed by atoms with Crippen LogP contribution in [0.4, 0.5) is 5.82 Å². The van der Waals surface area contributed by atoms with Gasteiger partial charge in [0.1, 0.15) is 17.2 Å². The van der Waals surface area contributed by atoms with Crippen molar-refractivity contribution in [3.8, 4) is 0 Å². The van der Waals surface area contributed by atoms with Crippen LogP contribution in [0.5, 0.6) is 0 Å². The molecule has 0 saturated heterocycles. The Labute approximate surface area is 95.9 Å². The topological polar surface area (TPSA) is 63.8 Å². The van der Waals surface area contributed by atoms with Crippen molar-refractivity contribution in [2.24, 2.45) is 5.84 Å². The van der Waals surface area contributed by atoms with Gasteiger partial charge in [0, 0.05) is 5.56 Å². The van der Waals surface area contributed by atoms with Crippen LogP contribution in [0.2, 0.25) is 0 Å². The zero-order valence-electron chi connectivity index (χ0n) is 8.10. The SMILES string of the molecule is Cc1c(NN)ncnc1Sc1cccs1. The first kappa shape index (κ1) is 10.4. The largest absolute Gasteiger partial charge is 0.308 e. The molecule has 2 heterocycles. The molecule has 0 fully saturated rings. The zero-order chi connectivity index (χ0) is 10.7. The van der Waals surface area contributed by atoms with Gasteiger partial charge >= 0.3 is 0 Å². The van der Waals surface area contributed by atoms with Crippen LogP contribution in [0, 0.1) is 6.92 Å². The van der Waals surface area contributed by atoms with Gasteiger partial charge in [0.05, 0.1) is 4.21 Å². The first-order valence-corrected chi connectivity index (χ1v) is 6.00. The second-order valence-corrected chi connectivity index (χ2v) is 5.07. The van der Waals surface area contributed by atoms with Crippen LogP contribution in [-0.2, 0) is 0 Å². The highest BCUT2D eigenvalue weighted by molar-refractivity contribution is 8.01. The Balaban J connectivity index is 2.29. The summed E-state index contributed by atoms with van der Waals surface area (Å²) in [6, 6.07) is 4.08. The Bertz CT molecular complexity index is 441. The lowest BCUT2D eigenvalue weighted by molar-refractivity contribution is 0.997. The lowest BCUT2D eigenvalue weighted by Gasteiger charge is -2.06. The second kappa shape index (κ2) is 4.61. The summed E-state index contributed by atoms with van der Waals surface area (Å²) < 4.78 is 1.21. The molecule has 3 N–H and O–H groups in total. The van der Waals surface area contributed by atoms with E-state index in [0.717, 1.165) is 10.6 Å². The maximum Gasteiger partial charge on any atom is 0.147 e. The summed E-state index contributed by atoms with van der Waals surface area (Å²) in [5, 5.41) is 2.97. The monoisotopic (exact) mass is 238 g/mol. The van der Waals surface area contributed by atoms with E-state index in [1.54, 1.807) is 23.1 Å². The van der Waals surface area contributed by atoms with Gasteiger partial charge in [0.15, 0.2) is 0 Å². The van der Waals surface area contributed by atoms with E-state index >= 15 is 0 Å². The molecule has 4 nitrogen and oxygen atoms in total. The number of hydrogen-bond donors (Lipinski definition) is 2. The number of anilines is 1. The quantitative estimate of drug-likeness (QED) is 0.488. The molecule has 2 aromatic heterocycles. The van der Waals surface area contributed by atoms with Gasteiger partial charge in [-0.15, -0.1) is 11.3 Å². The third kappa shape index (κ3) is 2.28. The number of hydrogen-bond acceptors (Lipinski definition) is 6. The number of rotatable bonds is 3. The van der Waals surface area contributed by atoms with Crippen LogP contribution in [0.25, 0.3) is 0 Å². The molecular formula is C9H10N4S2. The number of aromatic nitrogens is 2. The molecule has 0 unspecified atom stereocenters. The maximum absolute atomic E-state index is 5.35. The molecule has 0 atom stereocenters. The predicted octanol–water partition coefficient (Wildman–Crippen LogP) is 2.28. The molecule has 0 saturated carbocycles. The summed E-state index contributed by atoms with van der Waals surface area (Å²) >= 11 is 3.31. The van der Waals surface area contributed by atoms with E-state index in [2.05, 4.69) is 21.5 Å². The number of nitrogens with zero attached hydrogens (tertiary/aromatic N) is 2. The third-order valence-electron chi connectivity index (χ3n) is 1.87. The number of nitrogen functional groups attached to an aromatic ring is 1. The Morgan fingerprint density at radius 1 is 1.47 bits per heavy atom. The Morgan fingerprint density at radius 3 is 3.00 bits per heavy atom. The molecular weight excluding hydrogens is 228 g/mol. The van der Waals surface area contributed by atoms with E-state index in [1.165, 1.54) is 10.5 Å². The highest BCUT2D eigenvalue weighted by Gasteiger charge is 2.07. The summed E-state index contributed by atoms with van der Waals surface area (Å²) in [6.07, 6.45) is 1.51. The van der Waals surface area contributed by atoms with Gasteiger partial charge in [0.25, 0.3) is 0 Å². The van der Waals surface area contributed by atoms with Crippen LogP contribution in [0.3, 0.4) is 0 Å². The normalized spacial score (nSPS) is 10.3. The molecule has 0 bridgehead atoms. The van der Waals surface area contributed by atoms with Crippen molar-refractivity contribution in [3.63, 3.8) is 0 Å². The van der Waals surface area contributed by atoms with Gasteiger partial charge in [-0.05, 0) is 18.4 Å². The van der Waals surface area contributed by atoms with Crippen molar-refractivity contribution in [3.05, 3.63) is 29.4 Å². The second-order valence-electron chi connectivity index (χ2n) is 2.83. The maximum atomic E-state index is 5.35. The summed E-state index contributed by atoms with van der Waals surface area (Å²) in [5.41, 5.74) is 3.52. The number of nitrogens with two attached hydrogens (primary N) is 1. The number of nitrogens with one attached hydrogen (secondary N) is 1. The molecule has 0 radical (unpaired) electrons. The lowest BCUT2D eigenvalue weighted by atomic mass is 10.3. The van der Waals surface area contributed by atoms with Gasteiger partial charge < -0.3 is 5.43 Å². The molecule has 0 aliphatic heterocycles. The average Bonchev–Trinajstić information content (AvgIpc) is 2.74. The molecule has 0 amide bonds. The van der Waals surface area contributed by atoms with Crippen LogP contribution < -0.4 is 11.3 Å². The molecule has 0 aliphatic rings. The fraction of sp³-hybridized carbons (Fsp3) is 0.111. The van der Waals surface area contributed by atoms with Crippen LogP contribution >= 0.6 is 23.1 Å². The van der Waals surface area contributed by atoms with Gasteiger partial charge in [-0.2, -0.15) is 0 Å². The number of hydrazine groups is 1. The Hall–Kier alpha value is -1.11. The van der Waals surface area contributed by atoms with E-state index < -0.39 is 0 Å². The highest BCUT2D eigenvalue weighted by atomic mass is 32.2. The fourth-order valence-corrected chi connectivity index (χ4v) is 2.83. The molecule has 6 heteroatoms. The van der Waals surface area contributed by atoms with Gasteiger partial charge in [-0.3, -0.25) is 0 Å². The van der Waals surface area contributed by atoms with Crippen LogP contribution in [-0.4, -0.2) is 9.97 Å². The predicted molar refractivity (Wildman–Crippen MR) is 63.0 cm³/mol. The minimum atomic E-state index is 0.670. The van der Waals surface area contributed by atoms with Crippen molar-refractivity contribution in [2.75, 3.05) is 5.43 Å². The van der Waals surface area contributed by atoms with E-state index in [-0.39, 0.29) is 0 Å². The average molecular weight is 238 g/mol. The van der Waals surface area contributed by atoms with Gasteiger partial charge in [0.2, 0.25) is 0 Å². The minimum absolute atomic E-state index is 0.670.